The lowest BCUT2D eigenvalue weighted by molar-refractivity contribution is 0.571. The zero-order valence-electron chi connectivity index (χ0n) is 8.93. The normalized spacial score (nSPS) is 12.5. The third-order valence-corrected chi connectivity index (χ3v) is 3.95. The molecule has 0 fully saturated rings. The Labute approximate surface area is 119 Å². The van der Waals surface area contributed by atoms with E-state index in [2.05, 4.69) is 31.9 Å². The van der Waals surface area contributed by atoms with Gasteiger partial charge in [0.1, 0.15) is 17.5 Å². The average Bonchev–Trinajstić information content (AvgIpc) is 2.31. The molecule has 2 aromatic rings. The van der Waals surface area contributed by atoms with Crippen molar-refractivity contribution in [2.45, 2.75) is 4.83 Å². The number of rotatable bonds is 2. The van der Waals surface area contributed by atoms with Gasteiger partial charge in [0.05, 0.1) is 4.83 Å². The fourth-order valence-corrected chi connectivity index (χ4v) is 2.68. The van der Waals surface area contributed by atoms with E-state index in [0.717, 1.165) is 12.1 Å². The molecule has 0 N–H and O–H groups in total. The second-order valence-electron chi connectivity index (χ2n) is 3.69. The van der Waals surface area contributed by atoms with Gasteiger partial charge in [-0.1, -0.05) is 37.9 Å². The molecule has 0 saturated carbocycles. The molecule has 18 heavy (non-hydrogen) atoms. The third kappa shape index (κ3) is 2.78. The Bertz CT molecular complexity index is 584. The summed E-state index contributed by atoms with van der Waals surface area (Å²) in [6.45, 7) is 0. The molecule has 0 bridgehead atoms. The first-order chi connectivity index (χ1) is 8.49. The van der Waals surface area contributed by atoms with Crippen molar-refractivity contribution >= 4 is 31.9 Å². The number of benzene rings is 2. The van der Waals surface area contributed by atoms with Crippen LogP contribution in [-0.2, 0) is 0 Å². The molecule has 0 aromatic heterocycles. The Morgan fingerprint density at radius 1 is 0.833 bits per heavy atom. The molecule has 1 atom stereocenters. The summed E-state index contributed by atoms with van der Waals surface area (Å²) >= 11 is 6.46. The molecule has 1 unspecified atom stereocenters. The fraction of sp³-hybridized carbons (Fsp3) is 0.0769. The van der Waals surface area contributed by atoms with E-state index in [1.165, 1.54) is 12.1 Å². The van der Waals surface area contributed by atoms with Crippen molar-refractivity contribution in [1.82, 2.24) is 0 Å². The van der Waals surface area contributed by atoms with E-state index in [1.54, 1.807) is 12.1 Å². The van der Waals surface area contributed by atoms with E-state index < -0.39 is 22.3 Å². The fourth-order valence-electron chi connectivity index (χ4n) is 1.58. The Balaban J connectivity index is 2.47. The standard InChI is InChI=1S/C13H7Br2F3/c14-7-1-4-11(17)10(5-7)13(15)9-3-2-8(16)6-12(9)18/h1-6,13H. The van der Waals surface area contributed by atoms with Crippen LogP contribution in [0.15, 0.2) is 40.9 Å². The molecule has 0 heterocycles. The minimum atomic E-state index is -0.712. The van der Waals surface area contributed by atoms with Crippen LogP contribution < -0.4 is 0 Å². The van der Waals surface area contributed by atoms with Crippen LogP contribution in [0.3, 0.4) is 0 Å². The molecule has 94 valence electrons. The lowest BCUT2D eigenvalue weighted by Gasteiger charge is -2.13. The predicted molar refractivity (Wildman–Crippen MR) is 71.2 cm³/mol. The molecular formula is C13H7Br2F3. The Morgan fingerprint density at radius 3 is 2.22 bits per heavy atom. The first-order valence-corrected chi connectivity index (χ1v) is 6.74. The molecule has 0 saturated heterocycles. The lowest BCUT2D eigenvalue weighted by Crippen LogP contribution is -2.00. The molecular weight excluding hydrogens is 373 g/mol. The van der Waals surface area contributed by atoms with Crippen molar-refractivity contribution in [1.29, 1.82) is 0 Å². The Hall–Kier alpha value is -0.810. The Morgan fingerprint density at radius 2 is 1.56 bits per heavy atom. The predicted octanol–water partition coefficient (Wildman–Crippen LogP) is 5.35. The number of halogens is 5. The van der Waals surface area contributed by atoms with Crippen molar-refractivity contribution in [2.24, 2.45) is 0 Å². The molecule has 0 radical (unpaired) electrons. The van der Waals surface area contributed by atoms with Crippen LogP contribution in [0.25, 0.3) is 0 Å². The highest BCUT2D eigenvalue weighted by molar-refractivity contribution is 9.10. The summed E-state index contributed by atoms with van der Waals surface area (Å²) in [4.78, 5) is -0.671. The summed E-state index contributed by atoms with van der Waals surface area (Å²) in [5.41, 5.74) is 0.475. The number of hydrogen-bond acceptors (Lipinski definition) is 0. The van der Waals surface area contributed by atoms with Crippen molar-refractivity contribution in [2.75, 3.05) is 0 Å². The first kappa shape index (κ1) is 13.6. The molecule has 0 aliphatic rings. The van der Waals surface area contributed by atoms with Gasteiger partial charge in [0, 0.05) is 21.7 Å². The van der Waals surface area contributed by atoms with E-state index in [9.17, 15) is 13.2 Å². The van der Waals surface area contributed by atoms with Crippen LogP contribution in [-0.4, -0.2) is 0 Å². The largest absolute Gasteiger partial charge is 0.207 e. The summed E-state index contributed by atoms with van der Waals surface area (Å²) in [6, 6.07) is 7.61. The van der Waals surface area contributed by atoms with Gasteiger partial charge in [-0.15, -0.1) is 0 Å². The Kier molecular flexibility index (Phi) is 4.12. The van der Waals surface area contributed by atoms with Crippen LogP contribution in [0.4, 0.5) is 13.2 Å². The second-order valence-corrected chi connectivity index (χ2v) is 5.53. The highest BCUT2D eigenvalue weighted by Gasteiger charge is 2.19. The van der Waals surface area contributed by atoms with Gasteiger partial charge in [0.2, 0.25) is 0 Å². The number of hydrogen-bond donors (Lipinski definition) is 0. The average molecular weight is 380 g/mol. The summed E-state index contributed by atoms with van der Waals surface area (Å²) in [6.07, 6.45) is 0. The molecule has 5 heteroatoms. The van der Waals surface area contributed by atoms with Crippen molar-refractivity contribution in [3.8, 4) is 0 Å². The summed E-state index contributed by atoms with van der Waals surface area (Å²) in [5.74, 6) is -1.83. The smallest absolute Gasteiger partial charge is 0.130 e. The maximum absolute atomic E-state index is 13.7. The maximum atomic E-state index is 13.7. The van der Waals surface area contributed by atoms with E-state index in [1.807, 2.05) is 0 Å². The monoisotopic (exact) mass is 378 g/mol. The zero-order chi connectivity index (χ0) is 13.3. The van der Waals surface area contributed by atoms with E-state index in [4.69, 9.17) is 0 Å². The van der Waals surface area contributed by atoms with Crippen LogP contribution in [0.5, 0.6) is 0 Å². The van der Waals surface area contributed by atoms with Crippen molar-refractivity contribution in [3.63, 3.8) is 0 Å². The third-order valence-electron chi connectivity index (χ3n) is 2.47. The quantitative estimate of drug-likeness (QED) is 0.617. The minimum absolute atomic E-state index is 0.188. The SMILES string of the molecule is Fc1ccc(C(Br)c2cc(Br)ccc2F)c(F)c1. The molecule has 0 aliphatic carbocycles. The molecule has 0 aliphatic heterocycles. The molecule has 0 nitrogen and oxygen atoms in total. The minimum Gasteiger partial charge on any atom is -0.207 e. The van der Waals surface area contributed by atoms with E-state index >= 15 is 0 Å². The van der Waals surface area contributed by atoms with Crippen molar-refractivity contribution in [3.05, 3.63) is 69.4 Å². The van der Waals surface area contributed by atoms with Crippen LogP contribution in [0.1, 0.15) is 16.0 Å². The van der Waals surface area contributed by atoms with Crippen LogP contribution >= 0.6 is 31.9 Å². The van der Waals surface area contributed by atoms with Gasteiger partial charge in [-0.2, -0.15) is 0 Å². The second kappa shape index (κ2) is 5.45. The topological polar surface area (TPSA) is 0 Å². The van der Waals surface area contributed by atoms with Crippen LogP contribution in [0, 0.1) is 17.5 Å². The van der Waals surface area contributed by atoms with Gasteiger partial charge in [0.25, 0.3) is 0 Å². The molecule has 0 amide bonds. The molecule has 2 rings (SSSR count). The van der Waals surface area contributed by atoms with E-state index in [-0.39, 0.29) is 11.1 Å². The van der Waals surface area contributed by atoms with Gasteiger partial charge in [-0.25, -0.2) is 13.2 Å². The van der Waals surface area contributed by atoms with Crippen molar-refractivity contribution < 1.29 is 13.2 Å². The first-order valence-electron chi connectivity index (χ1n) is 5.03. The van der Waals surface area contributed by atoms with Gasteiger partial charge < -0.3 is 0 Å². The number of alkyl halides is 1. The van der Waals surface area contributed by atoms with Crippen LogP contribution in [0.2, 0.25) is 0 Å². The van der Waals surface area contributed by atoms with Gasteiger partial charge in [0.15, 0.2) is 0 Å². The summed E-state index contributed by atoms with van der Waals surface area (Å²) < 4.78 is 40.8. The molecule has 0 spiro atoms. The lowest BCUT2D eigenvalue weighted by atomic mass is 10.0. The summed E-state index contributed by atoms with van der Waals surface area (Å²) in [5, 5.41) is 0. The van der Waals surface area contributed by atoms with Gasteiger partial charge in [-0.3, -0.25) is 0 Å². The summed E-state index contributed by atoms with van der Waals surface area (Å²) in [7, 11) is 0. The van der Waals surface area contributed by atoms with Gasteiger partial charge in [-0.05, 0) is 24.3 Å². The van der Waals surface area contributed by atoms with Gasteiger partial charge >= 0.3 is 0 Å². The highest BCUT2D eigenvalue weighted by atomic mass is 79.9. The maximum Gasteiger partial charge on any atom is 0.130 e. The highest BCUT2D eigenvalue weighted by Crippen LogP contribution is 2.35. The zero-order valence-corrected chi connectivity index (χ0v) is 12.1. The van der Waals surface area contributed by atoms with E-state index in [0.29, 0.717) is 4.47 Å². The molecule has 2 aromatic carbocycles.